The molecule has 0 bridgehead atoms. The average molecular weight is 408 g/mol. The Kier molecular flexibility index (Phi) is 6.75. The van der Waals surface area contributed by atoms with Gasteiger partial charge in [-0.3, -0.25) is 0 Å². The van der Waals surface area contributed by atoms with Crippen LogP contribution in [0.25, 0.3) is 11.3 Å². The lowest BCUT2D eigenvalue weighted by molar-refractivity contribution is 0.0696. The Morgan fingerprint density at radius 1 is 1.28 bits per heavy atom. The zero-order chi connectivity index (χ0) is 18.4. The summed E-state index contributed by atoms with van der Waals surface area (Å²) in [4.78, 5) is 19.8. The van der Waals surface area contributed by atoms with Crippen molar-refractivity contribution >= 4 is 27.8 Å². The van der Waals surface area contributed by atoms with E-state index in [-0.39, 0.29) is 17.2 Å². The molecule has 0 atom stereocenters. The molecule has 134 valence electrons. The molecule has 1 aromatic carbocycles. The van der Waals surface area contributed by atoms with Crippen molar-refractivity contribution in [1.29, 1.82) is 0 Å². The van der Waals surface area contributed by atoms with Gasteiger partial charge in [0.1, 0.15) is 11.3 Å². The van der Waals surface area contributed by atoms with Crippen molar-refractivity contribution in [2.75, 3.05) is 12.3 Å². The van der Waals surface area contributed by atoms with Gasteiger partial charge in [0.15, 0.2) is 0 Å². The SMILES string of the molecule is CCCCCCOc1ccc(Br)cc1-c1nc(N)nc(C)c1C(=O)O. The van der Waals surface area contributed by atoms with Gasteiger partial charge in [0, 0.05) is 10.0 Å². The number of rotatable bonds is 8. The number of hydrogen-bond donors (Lipinski definition) is 2. The molecule has 2 aromatic rings. The Bertz CT molecular complexity index is 765. The molecular weight excluding hydrogens is 386 g/mol. The Morgan fingerprint density at radius 2 is 2.04 bits per heavy atom. The zero-order valence-electron chi connectivity index (χ0n) is 14.4. The highest BCUT2D eigenvalue weighted by atomic mass is 79.9. The Balaban J connectivity index is 2.41. The van der Waals surface area contributed by atoms with E-state index >= 15 is 0 Å². The molecule has 1 heterocycles. The van der Waals surface area contributed by atoms with Crippen LogP contribution in [-0.2, 0) is 0 Å². The summed E-state index contributed by atoms with van der Waals surface area (Å²) in [5, 5.41) is 9.56. The molecule has 6 nitrogen and oxygen atoms in total. The Morgan fingerprint density at radius 3 is 2.72 bits per heavy atom. The van der Waals surface area contributed by atoms with Gasteiger partial charge in [0.25, 0.3) is 0 Å². The molecule has 0 aliphatic rings. The van der Waals surface area contributed by atoms with Gasteiger partial charge in [-0.1, -0.05) is 42.1 Å². The highest BCUT2D eigenvalue weighted by Crippen LogP contribution is 2.35. The summed E-state index contributed by atoms with van der Waals surface area (Å²) in [5.74, 6) is -0.479. The summed E-state index contributed by atoms with van der Waals surface area (Å²) in [7, 11) is 0. The second-order valence-corrected chi connectivity index (χ2v) is 6.66. The fraction of sp³-hybridized carbons (Fsp3) is 0.389. The van der Waals surface area contributed by atoms with Crippen molar-refractivity contribution in [2.24, 2.45) is 0 Å². The summed E-state index contributed by atoms with van der Waals surface area (Å²) in [6.07, 6.45) is 4.37. The van der Waals surface area contributed by atoms with E-state index in [1.54, 1.807) is 19.1 Å². The van der Waals surface area contributed by atoms with Crippen LogP contribution in [0.3, 0.4) is 0 Å². The second-order valence-electron chi connectivity index (χ2n) is 5.75. The number of nitrogen functional groups attached to an aromatic ring is 1. The quantitative estimate of drug-likeness (QED) is 0.626. The van der Waals surface area contributed by atoms with Crippen LogP contribution in [0.15, 0.2) is 22.7 Å². The first-order valence-corrected chi connectivity index (χ1v) is 9.03. The highest BCUT2D eigenvalue weighted by molar-refractivity contribution is 9.10. The van der Waals surface area contributed by atoms with Gasteiger partial charge in [-0.15, -0.1) is 0 Å². The van der Waals surface area contributed by atoms with Crippen LogP contribution in [0.5, 0.6) is 5.75 Å². The van der Waals surface area contributed by atoms with E-state index in [2.05, 4.69) is 32.8 Å². The van der Waals surface area contributed by atoms with Gasteiger partial charge in [-0.2, -0.15) is 0 Å². The molecule has 0 unspecified atom stereocenters. The number of carbonyl (C=O) groups is 1. The third-order valence-electron chi connectivity index (χ3n) is 3.77. The number of carboxylic acids is 1. The smallest absolute Gasteiger partial charge is 0.339 e. The van der Waals surface area contributed by atoms with E-state index in [1.807, 2.05) is 6.07 Å². The van der Waals surface area contributed by atoms with E-state index < -0.39 is 5.97 Å². The van der Waals surface area contributed by atoms with Crippen LogP contribution in [-0.4, -0.2) is 27.7 Å². The number of ether oxygens (including phenoxy) is 1. The standard InChI is InChI=1S/C18H22BrN3O3/c1-3-4-5-6-9-25-14-8-7-12(19)10-13(14)16-15(17(23)24)11(2)21-18(20)22-16/h7-8,10H,3-6,9H2,1-2H3,(H,23,24)(H2,20,21,22). The summed E-state index contributed by atoms with van der Waals surface area (Å²) < 4.78 is 6.69. The minimum absolute atomic E-state index is 0.0307. The minimum Gasteiger partial charge on any atom is -0.493 e. The maximum Gasteiger partial charge on any atom is 0.339 e. The number of anilines is 1. The number of aryl methyl sites for hydroxylation is 1. The maximum atomic E-state index is 11.7. The summed E-state index contributed by atoms with van der Waals surface area (Å²) >= 11 is 3.42. The van der Waals surface area contributed by atoms with Gasteiger partial charge in [0.2, 0.25) is 5.95 Å². The number of aromatic carboxylic acids is 1. The molecule has 2 rings (SSSR count). The molecule has 0 fully saturated rings. The van der Waals surface area contributed by atoms with E-state index in [0.29, 0.717) is 23.6 Å². The van der Waals surface area contributed by atoms with Gasteiger partial charge in [-0.05, 0) is 31.5 Å². The molecule has 3 N–H and O–H groups in total. The largest absolute Gasteiger partial charge is 0.493 e. The molecule has 0 aliphatic heterocycles. The molecule has 0 saturated carbocycles. The van der Waals surface area contributed by atoms with Gasteiger partial charge in [-0.25, -0.2) is 14.8 Å². The topological polar surface area (TPSA) is 98.3 Å². The van der Waals surface area contributed by atoms with Crippen molar-refractivity contribution < 1.29 is 14.6 Å². The Hall–Kier alpha value is -2.15. The van der Waals surface area contributed by atoms with Crippen LogP contribution < -0.4 is 10.5 Å². The molecule has 7 heteroatoms. The third-order valence-corrected chi connectivity index (χ3v) is 4.27. The van der Waals surface area contributed by atoms with Crippen molar-refractivity contribution in [2.45, 2.75) is 39.5 Å². The normalized spacial score (nSPS) is 10.7. The van der Waals surface area contributed by atoms with E-state index in [4.69, 9.17) is 10.5 Å². The first-order chi connectivity index (χ1) is 11.9. The maximum absolute atomic E-state index is 11.7. The lowest BCUT2D eigenvalue weighted by Gasteiger charge is -2.14. The summed E-state index contributed by atoms with van der Waals surface area (Å²) in [5.41, 5.74) is 6.94. The van der Waals surface area contributed by atoms with Crippen LogP contribution >= 0.6 is 15.9 Å². The number of benzene rings is 1. The zero-order valence-corrected chi connectivity index (χ0v) is 16.0. The number of hydrogen-bond acceptors (Lipinski definition) is 5. The lowest BCUT2D eigenvalue weighted by Crippen LogP contribution is -2.10. The van der Waals surface area contributed by atoms with Crippen LogP contribution in [0.2, 0.25) is 0 Å². The van der Waals surface area contributed by atoms with Gasteiger partial charge in [0.05, 0.1) is 18.0 Å². The molecule has 0 spiro atoms. The van der Waals surface area contributed by atoms with Crippen molar-refractivity contribution in [3.63, 3.8) is 0 Å². The lowest BCUT2D eigenvalue weighted by atomic mass is 10.0. The molecule has 25 heavy (non-hydrogen) atoms. The average Bonchev–Trinajstić information content (AvgIpc) is 2.54. The minimum atomic E-state index is -1.10. The highest BCUT2D eigenvalue weighted by Gasteiger charge is 2.21. The van der Waals surface area contributed by atoms with Crippen LogP contribution in [0.1, 0.15) is 48.7 Å². The molecule has 0 saturated heterocycles. The number of unbranched alkanes of at least 4 members (excludes halogenated alkanes) is 3. The van der Waals surface area contributed by atoms with Gasteiger partial charge < -0.3 is 15.6 Å². The number of nitrogens with two attached hydrogens (primary N) is 1. The third kappa shape index (κ3) is 4.92. The van der Waals surface area contributed by atoms with Crippen LogP contribution in [0.4, 0.5) is 5.95 Å². The predicted octanol–water partition coefficient (Wildman–Crippen LogP) is 4.45. The fourth-order valence-electron chi connectivity index (χ4n) is 2.57. The molecule has 1 aromatic heterocycles. The number of aromatic nitrogens is 2. The van der Waals surface area contributed by atoms with E-state index in [0.717, 1.165) is 23.7 Å². The molecule has 0 radical (unpaired) electrons. The number of halogens is 1. The van der Waals surface area contributed by atoms with Gasteiger partial charge >= 0.3 is 5.97 Å². The van der Waals surface area contributed by atoms with Crippen molar-refractivity contribution in [3.8, 4) is 17.0 Å². The molecule has 0 aliphatic carbocycles. The Labute approximate surface area is 155 Å². The van der Waals surface area contributed by atoms with E-state index in [1.165, 1.54) is 6.42 Å². The van der Waals surface area contributed by atoms with Crippen molar-refractivity contribution in [3.05, 3.63) is 33.9 Å². The first kappa shape index (κ1) is 19.2. The van der Waals surface area contributed by atoms with E-state index in [9.17, 15) is 9.90 Å². The van der Waals surface area contributed by atoms with Crippen molar-refractivity contribution in [1.82, 2.24) is 9.97 Å². The first-order valence-electron chi connectivity index (χ1n) is 8.24. The number of carboxylic acid groups (broad SMARTS) is 1. The summed E-state index contributed by atoms with van der Waals surface area (Å²) in [6.45, 7) is 4.33. The number of nitrogens with zero attached hydrogens (tertiary/aromatic N) is 2. The molecule has 0 amide bonds. The molecular formula is C18H22BrN3O3. The fourth-order valence-corrected chi connectivity index (χ4v) is 2.93. The summed E-state index contributed by atoms with van der Waals surface area (Å²) in [6, 6.07) is 5.44. The second kappa shape index (κ2) is 8.80. The van der Waals surface area contributed by atoms with Crippen LogP contribution in [0, 0.1) is 6.92 Å². The monoisotopic (exact) mass is 407 g/mol. The predicted molar refractivity (Wildman–Crippen MR) is 101 cm³/mol.